The van der Waals surface area contributed by atoms with Crippen LogP contribution in [-0.4, -0.2) is 10.9 Å². The van der Waals surface area contributed by atoms with Gasteiger partial charge in [0.1, 0.15) is 5.82 Å². The lowest BCUT2D eigenvalue weighted by Gasteiger charge is -2.36. The van der Waals surface area contributed by atoms with Gasteiger partial charge in [-0.1, -0.05) is 36.9 Å². The standard InChI is InChI=1S/C14H17FN2S/c1-9-6-10-8-18-13(16)17-14(10,7-9)11-4-2-3-5-12(11)15/h2-5,9-10H,6-8H2,1H3,(H2,16,17)/t9-,10+,14+/m1/s1. The van der Waals surface area contributed by atoms with Gasteiger partial charge in [-0.2, -0.15) is 0 Å². The van der Waals surface area contributed by atoms with Gasteiger partial charge in [0.2, 0.25) is 0 Å². The second kappa shape index (κ2) is 4.26. The fourth-order valence-corrected chi connectivity index (χ4v) is 4.43. The van der Waals surface area contributed by atoms with E-state index in [-0.39, 0.29) is 5.82 Å². The molecular weight excluding hydrogens is 247 g/mol. The highest BCUT2D eigenvalue weighted by atomic mass is 32.2. The Kier molecular flexibility index (Phi) is 2.85. The van der Waals surface area contributed by atoms with Crippen LogP contribution in [0.3, 0.4) is 0 Å². The summed E-state index contributed by atoms with van der Waals surface area (Å²) >= 11 is 1.60. The Labute approximate surface area is 111 Å². The molecule has 96 valence electrons. The van der Waals surface area contributed by atoms with Gasteiger partial charge in [-0.3, -0.25) is 4.99 Å². The molecule has 0 unspecified atom stereocenters. The van der Waals surface area contributed by atoms with Crippen LogP contribution in [0.2, 0.25) is 0 Å². The zero-order chi connectivity index (χ0) is 12.8. The third-order valence-electron chi connectivity index (χ3n) is 4.10. The molecule has 0 bridgehead atoms. The van der Waals surface area contributed by atoms with Gasteiger partial charge in [0.05, 0.1) is 5.54 Å². The second-order valence-electron chi connectivity index (χ2n) is 5.41. The van der Waals surface area contributed by atoms with E-state index in [1.165, 1.54) is 6.07 Å². The number of nitrogens with zero attached hydrogens (tertiary/aromatic N) is 1. The lowest BCUT2D eigenvalue weighted by molar-refractivity contribution is 0.339. The molecule has 1 aliphatic heterocycles. The van der Waals surface area contributed by atoms with E-state index in [0.29, 0.717) is 17.0 Å². The monoisotopic (exact) mass is 264 g/mol. The van der Waals surface area contributed by atoms with Crippen LogP contribution in [0.1, 0.15) is 25.3 Å². The van der Waals surface area contributed by atoms with Crippen molar-refractivity contribution in [1.82, 2.24) is 0 Å². The third kappa shape index (κ3) is 1.74. The molecule has 2 nitrogen and oxygen atoms in total. The molecule has 1 aliphatic carbocycles. The molecule has 1 heterocycles. The lowest BCUT2D eigenvalue weighted by Crippen LogP contribution is -2.37. The summed E-state index contributed by atoms with van der Waals surface area (Å²) in [5.41, 5.74) is 6.21. The summed E-state index contributed by atoms with van der Waals surface area (Å²) in [6.45, 7) is 2.22. The predicted molar refractivity (Wildman–Crippen MR) is 74.0 cm³/mol. The molecule has 0 spiro atoms. The van der Waals surface area contributed by atoms with Gasteiger partial charge in [0, 0.05) is 11.3 Å². The molecule has 3 atom stereocenters. The molecule has 1 fully saturated rings. The topological polar surface area (TPSA) is 38.4 Å². The maximum Gasteiger partial charge on any atom is 0.154 e. The van der Waals surface area contributed by atoms with Crippen LogP contribution in [-0.2, 0) is 5.54 Å². The number of hydrogen-bond donors (Lipinski definition) is 1. The molecule has 0 saturated heterocycles. The minimum atomic E-state index is -0.417. The number of nitrogens with two attached hydrogens (primary N) is 1. The molecule has 0 radical (unpaired) electrons. The molecule has 0 amide bonds. The van der Waals surface area contributed by atoms with Crippen LogP contribution in [0.5, 0.6) is 0 Å². The minimum absolute atomic E-state index is 0.153. The van der Waals surface area contributed by atoms with Crippen LogP contribution in [0.4, 0.5) is 4.39 Å². The Balaban J connectivity index is 2.15. The van der Waals surface area contributed by atoms with Gasteiger partial charge < -0.3 is 5.73 Å². The van der Waals surface area contributed by atoms with Gasteiger partial charge in [0.15, 0.2) is 5.17 Å². The summed E-state index contributed by atoms with van der Waals surface area (Å²) in [7, 11) is 0. The first kappa shape index (κ1) is 12.0. The largest absolute Gasteiger partial charge is 0.379 e. The fraction of sp³-hybridized carbons (Fsp3) is 0.500. The number of hydrogen-bond acceptors (Lipinski definition) is 3. The number of halogens is 1. The van der Waals surface area contributed by atoms with E-state index >= 15 is 0 Å². The van der Waals surface area contributed by atoms with Crippen molar-refractivity contribution in [3.05, 3.63) is 35.6 Å². The van der Waals surface area contributed by atoms with Crippen molar-refractivity contribution in [2.24, 2.45) is 22.6 Å². The molecule has 1 aromatic carbocycles. The first-order chi connectivity index (χ1) is 8.62. The number of rotatable bonds is 1. The van der Waals surface area contributed by atoms with E-state index in [1.807, 2.05) is 12.1 Å². The molecular formula is C14H17FN2S. The highest BCUT2D eigenvalue weighted by Gasteiger charge is 2.50. The van der Waals surface area contributed by atoms with Crippen molar-refractivity contribution >= 4 is 16.9 Å². The summed E-state index contributed by atoms with van der Waals surface area (Å²) in [6, 6.07) is 7.01. The van der Waals surface area contributed by atoms with Crippen LogP contribution >= 0.6 is 11.8 Å². The molecule has 18 heavy (non-hydrogen) atoms. The predicted octanol–water partition coefficient (Wildman–Crippen LogP) is 3.13. The summed E-state index contributed by atoms with van der Waals surface area (Å²) in [6.07, 6.45) is 2.01. The fourth-order valence-electron chi connectivity index (χ4n) is 3.42. The Morgan fingerprint density at radius 3 is 3.00 bits per heavy atom. The molecule has 3 rings (SSSR count). The van der Waals surface area contributed by atoms with Crippen molar-refractivity contribution in [1.29, 1.82) is 0 Å². The molecule has 2 aliphatic rings. The van der Waals surface area contributed by atoms with E-state index in [4.69, 9.17) is 5.73 Å². The van der Waals surface area contributed by atoms with Crippen molar-refractivity contribution in [2.75, 3.05) is 5.75 Å². The maximum atomic E-state index is 14.1. The first-order valence-electron chi connectivity index (χ1n) is 6.35. The minimum Gasteiger partial charge on any atom is -0.379 e. The second-order valence-corrected chi connectivity index (χ2v) is 6.45. The summed E-state index contributed by atoms with van der Waals surface area (Å²) in [5, 5.41) is 0.601. The molecule has 1 saturated carbocycles. The lowest BCUT2D eigenvalue weighted by atomic mass is 9.81. The zero-order valence-corrected chi connectivity index (χ0v) is 11.2. The quantitative estimate of drug-likeness (QED) is 0.846. The van der Waals surface area contributed by atoms with E-state index < -0.39 is 5.54 Å². The highest BCUT2D eigenvalue weighted by Crippen LogP contribution is 2.53. The van der Waals surface area contributed by atoms with Gasteiger partial charge in [-0.25, -0.2) is 4.39 Å². The van der Waals surface area contributed by atoms with Crippen LogP contribution in [0, 0.1) is 17.7 Å². The zero-order valence-electron chi connectivity index (χ0n) is 10.4. The smallest absolute Gasteiger partial charge is 0.154 e. The highest BCUT2D eigenvalue weighted by molar-refractivity contribution is 8.13. The number of thioether (sulfide) groups is 1. The SMILES string of the molecule is C[C@@H]1C[C@H]2CSC(N)=N[C@@]2(c2ccccc2F)C1. The number of amidine groups is 1. The average molecular weight is 264 g/mol. The van der Waals surface area contributed by atoms with Gasteiger partial charge in [-0.15, -0.1) is 0 Å². The van der Waals surface area contributed by atoms with Crippen molar-refractivity contribution in [2.45, 2.75) is 25.3 Å². The molecule has 1 aromatic rings. The van der Waals surface area contributed by atoms with Gasteiger partial charge >= 0.3 is 0 Å². The van der Waals surface area contributed by atoms with Crippen molar-refractivity contribution < 1.29 is 4.39 Å². The van der Waals surface area contributed by atoms with Gasteiger partial charge in [-0.05, 0) is 30.7 Å². The van der Waals surface area contributed by atoms with E-state index in [0.717, 1.165) is 24.2 Å². The van der Waals surface area contributed by atoms with E-state index in [1.54, 1.807) is 17.8 Å². The molecule has 4 heteroatoms. The summed E-state index contributed by atoms with van der Waals surface area (Å²) in [4.78, 5) is 4.67. The third-order valence-corrected chi connectivity index (χ3v) is 5.06. The van der Waals surface area contributed by atoms with E-state index in [2.05, 4.69) is 11.9 Å². The van der Waals surface area contributed by atoms with Crippen LogP contribution in [0.15, 0.2) is 29.3 Å². The van der Waals surface area contributed by atoms with Gasteiger partial charge in [0.25, 0.3) is 0 Å². The van der Waals surface area contributed by atoms with E-state index in [9.17, 15) is 4.39 Å². The molecule has 2 N–H and O–H groups in total. The Morgan fingerprint density at radius 1 is 1.44 bits per heavy atom. The number of aliphatic imine (C=N–C) groups is 1. The average Bonchev–Trinajstić information content (AvgIpc) is 2.65. The summed E-state index contributed by atoms with van der Waals surface area (Å²) in [5.74, 6) is 1.78. The van der Waals surface area contributed by atoms with Crippen molar-refractivity contribution in [3.63, 3.8) is 0 Å². The Hall–Kier alpha value is -1.03. The maximum absolute atomic E-state index is 14.1. The summed E-state index contributed by atoms with van der Waals surface area (Å²) < 4.78 is 14.1. The number of fused-ring (bicyclic) bond motifs is 1. The van der Waals surface area contributed by atoms with Crippen molar-refractivity contribution in [3.8, 4) is 0 Å². The first-order valence-corrected chi connectivity index (χ1v) is 7.33. The number of benzene rings is 1. The van der Waals surface area contributed by atoms with Crippen LogP contribution < -0.4 is 5.73 Å². The Bertz CT molecular complexity index is 502. The Morgan fingerprint density at radius 2 is 2.22 bits per heavy atom. The normalized spacial score (nSPS) is 35.1. The van der Waals surface area contributed by atoms with Crippen LogP contribution in [0.25, 0.3) is 0 Å². The molecule has 0 aromatic heterocycles.